The van der Waals surface area contributed by atoms with Crippen LogP contribution in [0.1, 0.15) is 206 Å². The van der Waals surface area contributed by atoms with Crippen LogP contribution in [0.15, 0.2) is 97.2 Å². The minimum Gasteiger partial charge on any atom is -0.756 e. The molecule has 0 radical (unpaired) electrons. The van der Waals surface area contributed by atoms with Gasteiger partial charge >= 0.3 is 11.9 Å². The molecular weight excluding hydrogens is 870 g/mol. The third-order valence-electron chi connectivity index (χ3n) is 11.1. The van der Waals surface area contributed by atoms with E-state index in [4.69, 9.17) is 18.5 Å². The first-order chi connectivity index (χ1) is 33.0. The molecule has 0 aliphatic rings. The van der Waals surface area contributed by atoms with Gasteiger partial charge in [0.25, 0.3) is 7.82 Å². The van der Waals surface area contributed by atoms with Crippen LogP contribution in [-0.2, 0) is 32.7 Å². The van der Waals surface area contributed by atoms with E-state index in [0.29, 0.717) is 23.9 Å². The van der Waals surface area contributed by atoms with E-state index in [1.807, 2.05) is 33.3 Å². The van der Waals surface area contributed by atoms with Gasteiger partial charge in [-0.3, -0.25) is 14.2 Å². The fraction of sp³-hybridized carbons (Fsp3) is 0.690. The highest BCUT2D eigenvalue weighted by Gasteiger charge is 2.21. The number of quaternary nitrogens is 1. The Kier molecular flexibility index (Phi) is 46.7. The van der Waals surface area contributed by atoms with Crippen LogP contribution < -0.4 is 4.89 Å². The zero-order chi connectivity index (χ0) is 49.9. The van der Waals surface area contributed by atoms with Crippen LogP contribution in [0.4, 0.5) is 0 Å². The number of carbonyl (C=O) groups excluding carboxylic acids is 2. The quantitative estimate of drug-likeness (QED) is 0.0195. The minimum atomic E-state index is -4.66. The molecule has 0 amide bonds. The number of allylic oxidation sites excluding steroid dienone is 15. The number of ether oxygens (including phenoxy) is 2. The van der Waals surface area contributed by atoms with Crippen molar-refractivity contribution in [1.82, 2.24) is 0 Å². The second-order valence-electron chi connectivity index (χ2n) is 18.9. The summed E-state index contributed by atoms with van der Waals surface area (Å²) in [5.74, 6) is -0.986. The standard InChI is InChI=1S/C58H100NO8P/c1-6-8-10-12-14-16-18-20-22-23-24-25-26-27-28-29-30-31-32-33-34-35-37-38-40-42-44-46-48-50-57(60)64-54-56(55-66-68(62,63)65-53-52-59(3,4)5)67-58(61)51-49-47-45-43-41-39-36-21-19-17-15-13-11-9-7-2/h9,11,15,17-18,20-21,23-24,26-27,36,41,43,47,49,56H,6-8,10,12-14,16,19,22,25,28-35,37-40,42,44-46,48,50-55H2,1-5H3/b11-9-,17-15-,20-18-,24-23-,27-26-,36-21-,43-41-,49-47-. The number of nitrogens with zero attached hydrogens (tertiary/aromatic N) is 1. The zero-order valence-corrected chi connectivity index (χ0v) is 44.9. The van der Waals surface area contributed by atoms with Gasteiger partial charge in [0, 0.05) is 6.42 Å². The number of hydrogen-bond acceptors (Lipinski definition) is 8. The highest BCUT2D eigenvalue weighted by molar-refractivity contribution is 7.45. The number of phosphoric ester groups is 1. The van der Waals surface area contributed by atoms with Crippen molar-refractivity contribution in [2.24, 2.45) is 0 Å². The Bertz CT molecular complexity index is 1470. The highest BCUT2D eigenvalue weighted by Crippen LogP contribution is 2.38. The van der Waals surface area contributed by atoms with Crippen LogP contribution in [0.25, 0.3) is 0 Å². The summed E-state index contributed by atoms with van der Waals surface area (Å²) in [6, 6.07) is 0. The number of esters is 2. The molecule has 390 valence electrons. The van der Waals surface area contributed by atoms with Crippen molar-refractivity contribution in [3.05, 3.63) is 97.2 Å². The van der Waals surface area contributed by atoms with Gasteiger partial charge < -0.3 is 27.9 Å². The molecule has 68 heavy (non-hydrogen) atoms. The van der Waals surface area contributed by atoms with E-state index in [2.05, 4.69) is 92.8 Å². The van der Waals surface area contributed by atoms with Crippen molar-refractivity contribution in [3.8, 4) is 0 Å². The van der Waals surface area contributed by atoms with E-state index >= 15 is 0 Å². The molecule has 0 heterocycles. The molecule has 10 heteroatoms. The van der Waals surface area contributed by atoms with E-state index < -0.39 is 32.5 Å². The molecule has 0 rings (SSSR count). The Morgan fingerprint density at radius 2 is 0.882 bits per heavy atom. The summed E-state index contributed by atoms with van der Waals surface area (Å²) in [7, 11) is 1.10. The molecule has 0 aromatic rings. The molecule has 0 aromatic heterocycles. The zero-order valence-electron chi connectivity index (χ0n) is 44.0. The van der Waals surface area contributed by atoms with Crippen molar-refractivity contribution in [3.63, 3.8) is 0 Å². The first-order valence-electron chi connectivity index (χ1n) is 26.9. The maximum absolute atomic E-state index is 12.7. The fourth-order valence-corrected chi connectivity index (χ4v) is 7.70. The van der Waals surface area contributed by atoms with E-state index in [0.717, 1.165) is 57.8 Å². The predicted octanol–water partition coefficient (Wildman–Crippen LogP) is 15.8. The van der Waals surface area contributed by atoms with Crippen molar-refractivity contribution < 1.29 is 42.1 Å². The molecule has 0 fully saturated rings. The Balaban J connectivity index is 4.20. The second-order valence-corrected chi connectivity index (χ2v) is 20.3. The number of carbonyl (C=O) groups is 2. The van der Waals surface area contributed by atoms with Gasteiger partial charge in [-0.25, -0.2) is 0 Å². The van der Waals surface area contributed by atoms with Crippen LogP contribution in [-0.4, -0.2) is 70.0 Å². The average Bonchev–Trinajstić information content (AvgIpc) is 3.30. The normalized spacial score (nSPS) is 14.1. The third-order valence-corrected chi connectivity index (χ3v) is 12.1. The molecule has 0 aliphatic carbocycles. The van der Waals surface area contributed by atoms with Crippen LogP contribution in [0.3, 0.4) is 0 Å². The largest absolute Gasteiger partial charge is 0.756 e. The van der Waals surface area contributed by atoms with Gasteiger partial charge in [-0.1, -0.05) is 214 Å². The monoisotopic (exact) mass is 970 g/mol. The first-order valence-corrected chi connectivity index (χ1v) is 28.4. The average molecular weight is 970 g/mol. The lowest BCUT2D eigenvalue weighted by atomic mass is 10.0. The molecule has 2 unspecified atom stereocenters. The summed E-state index contributed by atoms with van der Waals surface area (Å²) in [6.07, 6.45) is 66.3. The summed E-state index contributed by atoms with van der Waals surface area (Å²) < 4.78 is 33.9. The molecule has 0 spiro atoms. The van der Waals surface area contributed by atoms with Gasteiger partial charge in [-0.05, 0) is 77.0 Å². The van der Waals surface area contributed by atoms with Crippen LogP contribution in [0.5, 0.6) is 0 Å². The summed E-state index contributed by atoms with van der Waals surface area (Å²) >= 11 is 0. The van der Waals surface area contributed by atoms with E-state index in [1.54, 1.807) is 6.08 Å². The lowest BCUT2D eigenvalue weighted by Gasteiger charge is -2.28. The van der Waals surface area contributed by atoms with Gasteiger partial charge in [0.15, 0.2) is 6.10 Å². The van der Waals surface area contributed by atoms with Crippen LogP contribution >= 0.6 is 7.82 Å². The Morgan fingerprint density at radius 1 is 0.485 bits per heavy atom. The van der Waals surface area contributed by atoms with E-state index in [9.17, 15) is 19.0 Å². The lowest BCUT2D eigenvalue weighted by molar-refractivity contribution is -0.870. The fourth-order valence-electron chi connectivity index (χ4n) is 6.97. The molecule has 9 nitrogen and oxygen atoms in total. The van der Waals surface area contributed by atoms with Crippen LogP contribution in [0, 0.1) is 0 Å². The maximum atomic E-state index is 12.7. The summed E-state index contributed by atoms with van der Waals surface area (Å²) in [5, 5.41) is 0. The Morgan fingerprint density at radius 3 is 1.32 bits per heavy atom. The molecular formula is C58H100NO8P. The highest BCUT2D eigenvalue weighted by atomic mass is 31.2. The smallest absolute Gasteiger partial charge is 0.310 e. The molecule has 0 saturated carbocycles. The number of phosphoric acid groups is 1. The molecule has 0 N–H and O–H groups in total. The third kappa shape index (κ3) is 52.3. The van der Waals surface area contributed by atoms with Gasteiger partial charge in [0.2, 0.25) is 0 Å². The SMILES string of the molecule is CC/C=C\C/C=C\C/C=C\C/C=C\C/C=C\CC(=O)OC(COC(=O)CCCCCCCCCCCCCCCC/C=C\C/C=C\C/C=C\CCCCCCC)COP(=O)([O-])OCC[N+](C)(C)C. The molecule has 0 bridgehead atoms. The molecule has 0 saturated heterocycles. The minimum absolute atomic E-state index is 0.0114. The first kappa shape index (κ1) is 64.9. The van der Waals surface area contributed by atoms with Gasteiger partial charge in [0.05, 0.1) is 34.2 Å². The van der Waals surface area contributed by atoms with Crippen LogP contribution in [0.2, 0.25) is 0 Å². The van der Waals surface area contributed by atoms with Gasteiger partial charge in [0.1, 0.15) is 19.8 Å². The Hall–Kier alpha value is -3.07. The number of rotatable bonds is 48. The predicted molar refractivity (Wildman–Crippen MR) is 286 cm³/mol. The summed E-state index contributed by atoms with van der Waals surface area (Å²) in [4.78, 5) is 37.6. The van der Waals surface area contributed by atoms with Crippen molar-refractivity contribution in [1.29, 1.82) is 0 Å². The van der Waals surface area contributed by atoms with E-state index in [1.165, 1.54) is 109 Å². The second kappa shape index (κ2) is 48.9. The molecule has 2 atom stereocenters. The van der Waals surface area contributed by atoms with E-state index in [-0.39, 0.29) is 26.1 Å². The van der Waals surface area contributed by atoms with Gasteiger partial charge in [-0.15, -0.1) is 0 Å². The lowest BCUT2D eigenvalue weighted by Crippen LogP contribution is -2.37. The van der Waals surface area contributed by atoms with Crippen molar-refractivity contribution >= 4 is 19.8 Å². The van der Waals surface area contributed by atoms with Crippen molar-refractivity contribution in [2.75, 3.05) is 47.5 Å². The summed E-state index contributed by atoms with van der Waals surface area (Å²) in [5.41, 5.74) is 0. The molecule has 0 aromatic carbocycles. The Labute approximate surface area is 417 Å². The number of hydrogen-bond donors (Lipinski definition) is 0. The number of likely N-dealkylation sites (N-methyl/N-ethyl adjacent to an activating group) is 1. The van der Waals surface area contributed by atoms with Crippen molar-refractivity contribution in [2.45, 2.75) is 213 Å². The number of unbranched alkanes of at least 4 members (excludes halogenated alkanes) is 19. The molecule has 0 aliphatic heterocycles. The maximum Gasteiger partial charge on any atom is 0.310 e. The summed E-state index contributed by atoms with van der Waals surface area (Å²) in [6.45, 7) is 3.99. The topological polar surface area (TPSA) is 111 Å². The van der Waals surface area contributed by atoms with Gasteiger partial charge in [-0.2, -0.15) is 0 Å².